The Kier molecular flexibility index (Phi) is 15.2. The van der Waals surface area contributed by atoms with Crippen molar-refractivity contribution in [3.05, 3.63) is 203 Å². The molecule has 2 atom stereocenters. The molecule has 0 fully saturated rings. The van der Waals surface area contributed by atoms with Gasteiger partial charge in [0.1, 0.15) is 49.4 Å². The Morgan fingerprint density at radius 3 is 1.02 bits per heavy atom. The lowest BCUT2D eigenvalue weighted by molar-refractivity contribution is 0.0751. The molecule has 6 aromatic carbocycles. The summed E-state index contributed by atoms with van der Waals surface area (Å²) >= 11 is 0. The predicted molar refractivity (Wildman–Crippen MR) is 236 cm³/mol. The van der Waals surface area contributed by atoms with Crippen molar-refractivity contribution in [1.29, 1.82) is 0 Å². The molecule has 7 nitrogen and oxygen atoms in total. The maximum absolute atomic E-state index is 6.42. The molecule has 0 unspecified atom stereocenters. The highest BCUT2D eigenvalue weighted by Gasteiger charge is 2.22. The highest BCUT2D eigenvalue weighted by molar-refractivity contribution is 5.38. The van der Waals surface area contributed by atoms with Crippen molar-refractivity contribution in [3.63, 3.8) is 0 Å². The lowest BCUT2D eigenvalue weighted by Gasteiger charge is -2.31. The normalized spacial score (nSPS) is 17.0. The minimum absolute atomic E-state index is 0.135. The van der Waals surface area contributed by atoms with E-state index in [1.165, 1.54) is 11.1 Å². The Labute approximate surface area is 350 Å². The van der Waals surface area contributed by atoms with Gasteiger partial charge in [-0.05, 0) is 61.4 Å². The molecule has 0 amide bonds. The molecule has 7 heteroatoms. The molecule has 304 valence electrons. The largest absolute Gasteiger partial charge is 0.491 e. The van der Waals surface area contributed by atoms with Gasteiger partial charge in [0.15, 0.2) is 0 Å². The molecular weight excluding hydrogens is 733 g/mol. The first-order valence-corrected chi connectivity index (χ1v) is 20.8. The number of rotatable bonds is 4. The van der Waals surface area contributed by atoms with E-state index < -0.39 is 0 Å². The number of fused-ring (bicyclic) bond motifs is 4. The third kappa shape index (κ3) is 11.9. The van der Waals surface area contributed by atoms with Gasteiger partial charge in [0.25, 0.3) is 0 Å². The van der Waals surface area contributed by atoms with Gasteiger partial charge in [-0.1, -0.05) is 133 Å². The van der Waals surface area contributed by atoms with E-state index in [9.17, 15) is 0 Å². The van der Waals surface area contributed by atoms with Crippen molar-refractivity contribution in [3.8, 4) is 23.0 Å². The molecule has 1 aliphatic rings. The monoisotopic (exact) mass is 788 g/mol. The van der Waals surface area contributed by atoms with Gasteiger partial charge in [0.2, 0.25) is 0 Å². The van der Waals surface area contributed by atoms with Gasteiger partial charge in [-0.15, -0.1) is 0 Å². The third-order valence-corrected chi connectivity index (χ3v) is 10.9. The number of benzene rings is 6. The van der Waals surface area contributed by atoms with E-state index in [-0.39, 0.29) is 12.1 Å². The van der Waals surface area contributed by atoms with E-state index in [1.54, 1.807) is 0 Å². The average Bonchev–Trinajstić information content (AvgIpc) is 3.28. The Morgan fingerprint density at radius 1 is 0.356 bits per heavy atom. The summed E-state index contributed by atoms with van der Waals surface area (Å²) in [7, 11) is 0. The number of hydrogen-bond donors (Lipinski definition) is 0. The minimum atomic E-state index is 0.135. The van der Waals surface area contributed by atoms with Crippen LogP contribution >= 0.6 is 0 Å². The van der Waals surface area contributed by atoms with E-state index in [2.05, 4.69) is 145 Å². The van der Waals surface area contributed by atoms with Gasteiger partial charge in [0, 0.05) is 60.5 Å². The van der Waals surface area contributed by atoms with Crippen LogP contribution in [0.4, 0.5) is 0 Å². The first-order chi connectivity index (χ1) is 29.1. The van der Waals surface area contributed by atoms with Crippen LogP contribution in [0.15, 0.2) is 170 Å². The summed E-state index contributed by atoms with van der Waals surface area (Å²) in [5.74, 6) is 3.45. The van der Waals surface area contributed by atoms with E-state index in [0.29, 0.717) is 65.8 Å². The maximum atomic E-state index is 6.42. The van der Waals surface area contributed by atoms with Gasteiger partial charge in [-0.3, -0.25) is 9.80 Å². The van der Waals surface area contributed by atoms with Crippen molar-refractivity contribution in [1.82, 2.24) is 9.80 Å². The zero-order chi connectivity index (χ0) is 40.5. The fourth-order valence-corrected chi connectivity index (χ4v) is 7.46. The van der Waals surface area contributed by atoms with Gasteiger partial charge in [-0.25, -0.2) is 0 Å². The van der Waals surface area contributed by atoms with Crippen LogP contribution in [0.1, 0.15) is 59.3 Å². The molecular formula is C52H56N2O5. The van der Waals surface area contributed by atoms with Crippen LogP contribution < -0.4 is 18.9 Å². The highest BCUT2D eigenvalue weighted by atomic mass is 16.5. The lowest BCUT2D eigenvalue weighted by Crippen LogP contribution is -2.27. The van der Waals surface area contributed by atoms with Crippen molar-refractivity contribution >= 4 is 0 Å². The number of nitrogens with zero attached hydrogens (tertiary/aromatic N) is 2. The van der Waals surface area contributed by atoms with Crippen LogP contribution in [0, 0.1) is 0 Å². The highest BCUT2D eigenvalue weighted by Crippen LogP contribution is 2.32. The first-order valence-electron chi connectivity index (χ1n) is 20.8. The zero-order valence-electron chi connectivity index (χ0n) is 34.3. The zero-order valence-corrected chi connectivity index (χ0v) is 34.3. The minimum Gasteiger partial charge on any atom is -0.491 e. The second-order valence-electron chi connectivity index (χ2n) is 14.8. The van der Waals surface area contributed by atoms with Gasteiger partial charge < -0.3 is 23.7 Å². The van der Waals surface area contributed by atoms with Crippen molar-refractivity contribution < 1.29 is 23.7 Å². The summed E-state index contributed by atoms with van der Waals surface area (Å²) in [6, 6.07) is 54.8. The summed E-state index contributed by atoms with van der Waals surface area (Å²) < 4.78 is 31.6. The third-order valence-electron chi connectivity index (χ3n) is 10.9. The average molecular weight is 789 g/mol. The molecule has 7 rings (SSSR count). The summed E-state index contributed by atoms with van der Waals surface area (Å²) in [6.07, 6.45) is 4.07. The molecule has 1 heterocycles. The second kappa shape index (κ2) is 21.8. The Balaban J connectivity index is 1.14. The van der Waals surface area contributed by atoms with Crippen LogP contribution in [0.25, 0.3) is 0 Å². The molecule has 0 radical (unpaired) electrons. The Morgan fingerprint density at radius 2 is 0.661 bits per heavy atom. The topological polar surface area (TPSA) is 52.6 Å². The van der Waals surface area contributed by atoms with Crippen molar-refractivity contribution in [2.24, 2.45) is 0 Å². The standard InChI is InChI=1S/C52H56N2O5/c1-41(43-19-5-3-6-20-43)53-37-45-23-9-13-27-49(45)56-31-17-18-32-57-50-28-14-10-24-46(50)38-54(42(2)44-21-7-4-8-22-44)40-48-26-12-16-30-52(48)59-36-34-55-33-35-58-51-29-15-11-25-47(51)39-53/h3-30,41-42H,31-40H2,1-2H3/b18-17-/t41-,42-/m1/s1. The van der Waals surface area contributed by atoms with E-state index >= 15 is 0 Å². The van der Waals surface area contributed by atoms with Crippen LogP contribution in [0.3, 0.4) is 0 Å². The molecule has 0 aromatic heterocycles. The van der Waals surface area contributed by atoms with E-state index in [1.807, 2.05) is 48.6 Å². The fraction of sp³-hybridized carbons (Fsp3) is 0.269. The molecule has 0 saturated carbocycles. The number of ether oxygens (including phenoxy) is 5. The Bertz CT molecular complexity index is 2040. The van der Waals surface area contributed by atoms with Crippen LogP contribution in [-0.4, -0.2) is 49.4 Å². The van der Waals surface area contributed by atoms with E-state index in [4.69, 9.17) is 23.7 Å². The van der Waals surface area contributed by atoms with Crippen LogP contribution in [0.2, 0.25) is 0 Å². The van der Waals surface area contributed by atoms with Crippen LogP contribution in [-0.2, 0) is 30.9 Å². The van der Waals surface area contributed by atoms with E-state index in [0.717, 1.165) is 45.3 Å². The second-order valence-corrected chi connectivity index (χ2v) is 14.8. The molecule has 0 bridgehead atoms. The summed E-state index contributed by atoms with van der Waals surface area (Å²) in [5.41, 5.74) is 6.98. The molecule has 1 aliphatic heterocycles. The summed E-state index contributed by atoms with van der Waals surface area (Å²) in [6.45, 7) is 9.92. The molecule has 0 N–H and O–H groups in total. The Hall–Kier alpha value is -5.86. The first kappa shape index (κ1) is 41.3. The predicted octanol–water partition coefficient (Wildman–Crippen LogP) is 11.0. The van der Waals surface area contributed by atoms with Crippen molar-refractivity contribution in [2.75, 3.05) is 39.6 Å². The smallest absolute Gasteiger partial charge is 0.124 e. The number of hydrogen-bond acceptors (Lipinski definition) is 7. The maximum Gasteiger partial charge on any atom is 0.124 e. The fourth-order valence-electron chi connectivity index (χ4n) is 7.46. The van der Waals surface area contributed by atoms with Gasteiger partial charge in [-0.2, -0.15) is 0 Å². The van der Waals surface area contributed by atoms with Crippen molar-refractivity contribution in [2.45, 2.75) is 52.1 Å². The molecule has 0 saturated heterocycles. The van der Waals surface area contributed by atoms with Gasteiger partial charge >= 0.3 is 0 Å². The lowest BCUT2D eigenvalue weighted by atomic mass is 10.0. The number of para-hydroxylation sites is 4. The SMILES string of the molecule is C[C@H](c1ccccc1)N1Cc2ccccc2OC/C=C\COc2ccccc2CN([C@H](C)c2ccccc2)Cc2ccccc2OCCOCCOc2ccccc2C1. The summed E-state index contributed by atoms with van der Waals surface area (Å²) in [5, 5.41) is 0. The quantitative estimate of drug-likeness (QED) is 0.165. The van der Waals surface area contributed by atoms with Crippen LogP contribution in [0.5, 0.6) is 23.0 Å². The molecule has 0 spiro atoms. The summed E-state index contributed by atoms with van der Waals surface area (Å²) in [4.78, 5) is 4.95. The molecule has 59 heavy (non-hydrogen) atoms. The van der Waals surface area contributed by atoms with Gasteiger partial charge in [0.05, 0.1) is 13.2 Å². The molecule has 6 aromatic rings. The molecule has 0 aliphatic carbocycles.